The lowest BCUT2D eigenvalue weighted by Gasteiger charge is -2.22. The maximum Gasteiger partial charge on any atom is 0.253 e. The lowest BCUT2D eigenvalue weighted by atomic mass is 10.1. The molecule has 0 spiro atoms. The van der Waals surface area contributed by atoms with Crippen molar-refractivity contribution in [3.8, 4) is 0 Å². The Balaban J connectivity index is 1.70. The van der Waals surface area contributed by atoms with Gasteiger partial charge >= 0.3 is 0 Å². The van der Waals surface area contributed by atoms with Crippen LogP contribution in [0.25, 0.3) is 0 Å². The van der Waals surface area contributed by atoms with Crippen molar-refractivity contribution in [1.29, 1.82) is 0 Å². The van der Waals surface area contributed by atoms with E-state index in [4.69, 9.17) is 0 Å². The van der Waals surface area contributed by atoms with E-state index in [-0.39, 0.29) is 5.91 Å². The van der Waals surface area contributed by atoms with Gasteiger partial charge in [-0.05, 0) is 36.8 Å². The van der Waals surface area contributed by atoms with Crippen molar-refractivity contribution in [3.05, 3.63) is 52.9 Å². The van der Waals surface area contributed by atoms with E-state index in [1.807, 2.05) is 31.2 Å². The topological polar surface area (TPSA) is 66.5 Å². The highest BCUT2D eigenvalue weighted by Crippen LogP contribution is 2.28. The van der Waals surface area contributed by atoms with Gasteiger partial charge in [0.05, 0.1) is 0 Å². The zero-order valence-electron chi connectivity index (χ0n) is 13.4. The van der Waals surface area contributed by atoms with Crippen molar-refractivity contribution in [3.63, 3.8) is 0 Å². The Morgan fingerprint density at radius 2 is 2.17 bits per heavy atom. The van der Waals surface area contributed by atoms with Crippen LogP contribution in [-0.4, -0.2) is 31.2 Å². The van der Waals surface area contributed by atoms with Crippen LogP contribution >= 0.6 is 11.3 Å². The highest BCUT2D eigenvalue weighted by atomic mass is 32.2. The smallest absolute Gasteiger partial charge is 0.253 e. The maximum absolute atomic E-state index is 12.7. The quantitative estimate of drug-likeness (QED) is 0.886. The zero-order chi connectivity index (χ0) is 17.2. The second-order valence-corrected chi connectivity index (χ2v) is 8.98. The molecule has 1 amide bonds. The fraction of sp³-hybridized carbons (Fsp3) is 0.353. The summed E-state index contributed by atoms with van der Waals surface area (Å²) < 4.78 is 27.0. The number of nitrogens with one attached hydrogen (secondary N) is 1. The first kappa shape index (κ1) is 17.1. The minimum atomic E-state index is -3.59. The van der Waals surface area contributed by atoms with E-state index >= 15 is 0 Å². The summed E-state index contributed by atoms with van der Waals surface area (Å²) in [6.07, 6.45) is 1.26. The van der Waals surface area contributed by atoms with E-state index in [0.717, 1.165) is 11.1 Å². The molecule has 0 bridgehead atoms. The van der Waals surface area contributed by atoms with Crippen LogP contribution in [0, 0.1) is 6.92 Å². The van der Waals surface area contributed by atoms with Crippen molar-refractivity contribution in [2.24, 2.45) is 0 Å². The summed E-state index contributed by atoms with van der Waals surface area (Å²) in [5.41, 5.74) is 2.14. The highest BCUT2D eigenvalue weighted by molar-refractivity contribution is 7.91. The molecule has 3 rings (SSSR count). The average molecular weight is 364 g/mol. The zero-order valence-corrected chi connectivity index (χ0v) is 15.1. The predicted molar refractivity (Wildman–Crippen MR) is 94.3 cm³/mol. The summed E-state index contributed by atoms with van der Waals surface area (Å²) in [6.45, 7) is 2.80. The number of hydrogen-bond donors (Lipinski definition) is 1. The van der Waals surface area contributed by atoms with Crippen LogP contribution in [0.4, 0.5) is 0 Å². The molecule has 1 aromatic carbocycles. The van der Waals surface area contributed by atoms with E-state index in [1.165, 1.54) is 15.6 Å². The van der Waals surface area contributed by atoms with Crippen molar-refractivity contribution < 1.29 is 13.2 Å². The molecule has 1 aromatic heterocycles. The number of thiophene rings is 1. The summed E-state index contributed by atoms with van der Waals surface area (Å²) in [4.78, 5) is 12.5. The first-order valence-corrected chi connectivity index (χ1v) is 10.2. The minimum absolute atomic E-state index is 0.228. The van der Waals surface area contributed by atoms with E-state index < -0.39 is 16.1 Å². The molecule has 1 saturated heterocycles. The predicted octanol–water partition coefficient (Wildman–Crippen LogP) is 2.53. The first-order valence-electron chi connectivity index (χ1n) is 7.87. The molecule has 128 valence electrons. The van der Waals surface area contributed by atoms with Gasteiger partial charge in [0.15, 0.2) is 0 Å². The van der Waals surface area contributed by atoms with Gasteiger partial charge in [0, 0.05) is 13.1 Å². The Kier molecular flexibility index (Phi) is 5.03. The molecule has 24 heavy (non-hydrogen) atoms. The summed E-state index contributed by atoms with van der Waals surface area (Å²) in [5, 5.41) is 4.61. The summed E-state index contributed by atoms with van der Waals surface area (Å²) in [7, 11) is -3.59. The first-order chi connectivity index (χ1) is 11.5. The fourth-order valence-electron chi connectivity index (χ4n) is 2.94. The van der Waals surface area contributed by atoms with Crippen LogP contribution in [0.5, 0.6) is 0 Å². The van der Waals surface area contributed by atoms with Gasteiger partial charge < -0.3 is 5.32 Å². The van der Waals surface area contributed by atoms with Crippen molar-refractivity contribution in [2.75, 3.05) is 6.54 Å². The van der Waals surface area contributed by atoms with Gasteiger partial charge in [-0.1, -0.05) is 35.9 Å². The third kappa shape index (κ3) is 3.53. The van der Waals surface area contributed by atoms with E-state index in [1.54, 1.807) is 17.5 Å². The molecule has 7 heteroatoms. The molecule has 1 unspecified atom stereocenters. The van der Waals surface area contributed by atoms with Crippen molar-refractivity contribution >= 4 is 27.3 Å². The van der Waals surface area contributed by atoms with Gasteiger partial charge in [0.1, 0.15) is 10.3 Å². The number of benzene rings is 1. The highest BCUT2D eigenvalue weighted by Gasteiger charge is 2.39. The lowest BCUT2D eigenvalue weighted by Crippen LogP contribution is -2.45. The number of aryl methyl sites for hydroxylation is 1. The maximum atomic E-state index is 12.7. The van der Waals surface area contributed by atoms with Crippen LogP contribution in [0.15, 0.2) is 46.0 Å². The van der Waals surface area contributed by atoms with Gasteiger partial charge in [0.2, 0.25) is 5.91 Å². The van der Waals surface area contributed by atoms with Crippen LogP contribution < -0.4 is 5.32 Å². The average Bonchev–Trinajstić information content (AvgIpc) is 3.24. The fourth-order valence-corrected chi connectivity index (χ4v) is 5.72. The Morgan fingerprint density at radius 3 is 2.88 bits per heavy atom. The number of amides is 1. The molecule has 0 aliphatic carbocycles. The molecule has 0 radical (unpaired) electrons. The normalized spacial score (nSPS) is 18.6. The number of hydrogen-bond acceptors (Lipinski definition) is 4. The molecule has 1 aliphatic rings. The van der Waals surface area contributed by atoms with Gasteiger partial charge in [-0.3, -0.25) is 4.79 Å². The van der Waals surface area contributed by atoms with Crippen LogP contribution in [0.2, 0.25) is 0 Å². The van der Waals surface area contributed by atoms with Gasteiger partial charge in [-0.15, -0.1) is 11.3 Å². The standard InChI is InChI=1S/C17H20N2O3S2/c1-13-5-2-6-14(11-13)12-18-17(20)15-7-3-9-19(15)24(21,22)16-8-4-10-23-16/h2,4-6,8,10-11,15H,3,7,9,12H2,1H3,(H,18,20). The largest absolute Gasteiger partial charge is 0.351 e. The molecular weight excluding hydrogens is 344 g/mol. The van der Waals surface area contributed by atoms with Gasteiger partial charge in [-0.2, -0.15) is 4.31 Å². The Labute approximate surface area is 146 Å². The Bertz CT molecular complexity index is 816. The summed E-state index contributed by atoms with van der Waals surface area (Å²) in [5.74, 6) is -0.228. The van der Waals surface area contributed by atoms with Crippen molar-refractivity contribution in [1.82, 2.24) is 9.62 Å². The molecule has 1 aliphatic heterocycles. The number of sulfonamides is 1. The number of rotatable bonds is 5. The third-order valence-corrected chi connectivity index (χ3v) is 7.39. The number of carbonyl (C=O) groups is 1. The van der Waals surface area contributed by atoms with Crippen molar-refractivity contribution in [2.45, 2.75) is 36.6 Å². The van der Waals surface area contributed by atoms with E-state index in [0.29, 0.717) is 30.1 Å². The van der Waals surface area contributed by atoms with Crippen LogP contribution in [-0.2, 0) is 21.4 Å². The molecular formula is C17H20N2O3S2. The SMILES string of the molecule is Cc1cccc(CNC(=O)C2CCCN2S(=O)(=O)c2cccs2)c1. The second-order valence-electron chi connectivity index (χ2n) is 5.91. The molecule has 5 nitrogen and oxygen atoms in total. The van der Waals surface area contributed by atoms with E-state index in [2.05, 4.69) is 5.32 Å². The second kappa shape index (κ2) is 7.04. The van der Waals surface area contributed by atoms with Crippen LogP contribution in [0.3, 0.4) is 0 Å². The molecule has 0 saturated carbocycles. The minimum Gasteiger partial charge on any atom is -0.351 e. The lowest BCUT2D eigenvalue weighted by molar-refractivity contribution is -0.124. The third-order valence-electron chi connectivity index (χ3n) is 4.11. The molecule has 1 atom stereocenters. The van der Waals surface area contributed by atoms with E-state index in [9.17, 15) is 13.2 Å². The van der Waals surface area contributed by atoms with Gasteiger partial charge in [0.25, 0.3) is 10.0 Å². The van der Waals surface area contributed by atoms with Crippen LogP contribution in [0.1, 0.15) is 24.0 Å². The molecule has 1 N–H and O–H groups in total. The Morgan fingerprint density at radius 1 is 1.33 bits per heavy atom. The molecule has 2 aromatic rings. The summed E-state index contributed by atoms with van der Waals surface area (Å²) >= 11 is 1.18. The number of carbonyl (C=O) groups excluding carboxylic acids is 1. The Hall–Kier alpha value is -1.70. The summed E-state index contributed by atoms with van der Waals surface area (Å²) in [6, 6.07) is 10.6. The molecule has 2 heterocycles. The number of nitrogens with zero attached hydrogens (tertiary/aromatic N) is 1. The molecule has 1 fully saturated rings. The monoisotopic (exact) mass is 364 g/mol. The van der Waals surface area contributed by atoms with Gasteiger partial charge in [-0.25, -0.2) is 8.42 Å².